The smallest absolute Gasteiger partial charge is 0.243 e. The van der Waals surface area contributed by atoms with Gasteiger partial charge in [-0.25, -0.2) is 4.99 Å². The van der Waals surface area contributed by atoms with Crippen molar-refractivity contribution in [3.05, 3.63) is 35.5 Å². The number of nitrogens with zero attached hydrogens (tertiary/aromatic N) is 3. The molecule has 1 amide bonds. The molecule has 1 saturated heterocycles. The van der Waals surface area contributed by atoms with Crippen LogP contribution in [0.3, 0.4) is 0 Å². The first-order valence-corrected chi connectivity index (χ1v) is 11.1. The lowest BCUT2D eigenvalue weighted by Gasteiger charge is -2.26. The first kappa shape index (κ1) is 23.1. The second-order valence-electron chi connectivity index (χ2n) is 8.18. The van der Waals surface area contributed by atoms with Crippen molar-refractivity contribution in [2.75, 3.05) is 66.6 Å². The summed E-state index contributed by atoms with van der Waals surface area (Å²) in [6.07, 6.45) is 3.98. The average molecular weight is 429 g/mol. The Morgan fingerprint density at radius 2 is 2.00 bits per heavy atom. The van der Waals surface area contributed by atoms with Gasteiger partial charge in [-0.3, -0.25) is 9.69 Å². The number of nitrogens with one attached hydrogen (secondary N) is 3. The standard InChI is InChI=1S/C23H36N6O2/c1-18-6-4-7-20-22(18)19(16-26-20)8-10-25-23(27-17-21(30)28(2)3)24-9-5-11-29-12-14-31-15-13-29/h4,6-7,16,26H,5,8-15,17H2,1-3H3,(H2,24,25,27). The predicted molar refractivity (Wildman–Crippen MR) is 126 cm³/mol. The molecule has 1 aliphatic heterocycles. The predicted octanol–water partition coefficient (Wildman–Crippen LogP) is 1.36. The van der Waals surface area contributed by atoms with E-state index in [-0.39, 0.29) is 12.5 Å². The van der Waals surface area contributed by atoms with Gasteiger partial charge in [-0.2, -0.15) is 0 Å². The van der Waals surface area contributed by atoms with Crippen LogP contribution in [0.25, 0.3) is 10.9 Å². The van der Waals surface area contributed by atoms with Gasteiger partial charge in [0.25, 0.3) is 0 Å². The Morgan fingerprint density at radius 3 is 2.77 bits per heavy atom. The molecule has 0 spiro atoms. The first-order valence-electron chi connectivity index (χ1n) is 11.1. The first-order chi connectivity index (χ1) is 15.0. The second-order valence-corrected chi connectivity index (χ2v) is 8.18. The summed E-state index contributed by atoms with van der Waals surface area (Å²) in [5, 5.41) is 8.08. The molecule has 0 atom stereocenters. The number of aromatic amines is 1. The Kier molecular flexibility index (Phi) is 8.73. The van der Waals surface area contributed by atoms with Crippen LogP contribution in [0.15, 0.2) is 29.4 Å². The summed E-state index contributed by atoms with van der Waals surface area (Å²) in [5.74, 6) is 0.676. The fraction of sp³-hybridized carbons (Fsp3) is 0.565. The van der Waals surface area contributed by atoms with E-state index in [1.807, 2.05) is 0 Å². The number of hydrogen-bond acceptors (Lipinski definition) is 4. The van der Waals surface area contributed by atoms with E-state index in [1.165, 1.54) is 22.0 Å². The van der Waals surface area contributed by atoms with Gasteiger partial charge in [0, 0.05) is 57.4 Å². The maximum absolute atomic E-state index is 12.0. The Bertz CT molecular complexity index is 870. The Hall–Kier alpha value is -2.58. The summed E-state index contributed by atoms with van der Waals surface area (Å²) >= 11 is 0. The van der Waals surface area contributed by atoms with Gasteiger partial charge in [-0.05, 0) is 43.5 Å². The molecule has 0 bridgehead atoms. The number of amides is 1. The normalized spacial score (nSPS) is 15.3. The molecule has 1 aliphatic rings. The van der Waals surface area contributed by atoms with Gasteiger partial charge in [-0.15, -0.1) is 0 Å². The number of likely N-dealkylation sites (N-methyl/N-ethyl adjacent to an activating group) is 1. The number of rotatable bonds is 9. The number of morpholine rings is 1. The van der Waals surface area contributed by atoms with Crippen molar-refractivity contribution in [1.82, 2.24) is 25.4 Å². The molecule has 3 N–H and O–H groups in total. The largest absolute Gasteiger partial charge is 0.379 e. The van der Waals surface area contributed by atoms with E-state index >= 15 is 0 Å². The van der Waals surface area contributed by atoms with Crippen LogP contribution in [0.1, 0.15) is 17.5 Å². The molecule has 170 valence electrons. The van der Waals surface area contributed by atoms with Crippen LogP contribution in [0.4, 0.5) is 0 Å². The minimum absolute atomic E-state index is 0.0123. The van der Waals surface area contributed by atoms with Crippen LogP contribution in [0, 0.1) is 6.92 Å². The molecule has 0 saturated carbocycles. The number of carbonyl (C=O) groups is 1. The van der Waals surface area contributed by atoms with Gasteiger partial charge in [0.05, 0.1) is 13.2 Å². The van der Waals surface area contributed by atoms with Crippen LogP contribution >= 0.6 is 0 Å². The van der Waals surface area contributed by atoms with Crippen molar-refractivity contribution in [3.63, 3.8) is 0 Å². The van der Waals surface area contributed by atoms with Crippen molar-refractivity contribution in [2.45, 2.75) is 19.8 Å². The third-order valence-electron chi connectivity index (χ3n) is 5.60. The minimum Gasteiger partial charge on any atom is -0.379 e. The van der Waals surface area contributed by atoms with E-state index in [2.05, 4.69) is 56.8 Å². The highest BCUT2D eigenvalue weighted by Gasteiger charge is 2.10. The van der Waals surface area contributed by atoms with E-state index in [1.54, 1.807) is 19.0 Å². The van der Waals surface area contributed by atoms with E-state index in [9.17, 15) is 4.79 Å². The highest BCUT2D eigenvalue weighted by Crippen LogP contribution is 2.22. The van der Waals surface area contributed by atoms with Crippen molar-refractivity contribution >= 4 is 22.8 Å². The number of H-pyrrole nitrogens is 1. The number of ether oxygens (including phenoxy) is 1. The number of aliphatic imine (C=N–C) groups is 1. The topological polar surface area (TPSA) is 85.0 Å². The van der Waals surface area contributed by atoms with E-state index in [4.69, 9.17) is 4.74 Å². The summed E-state index contributed by atoms with van der Waals surface area (Å²) in [4.78, 5) is 23.8. The molecule has 3 rings (SSSR count). The molecule has 8 nitrogen and oxygen atoms in total. The molecular weight excluding hydrogens is 392 g/mol. The quantitative estimate of drug-likeness (QED) is 0.319. The van der Waals surface area contributed by atoms with Crippen LogP contribution < -0.4 is 10.6 Å². The van der Waals surface area contributed by atoms with E-state index in [0.717, 1.165) is 58.8 Å². The minimum atomic E-state index is -0.0123. The van der Waals surface area contributed by atoms with Gasteiger partial charge < -0.3 is 25.3 Å². The molecular formula is C23H36N6O2. The molecule has 0 radical (unpaired) electrons. The lowest BCUT2D eigenvalue weighted by atomic mass is 10.1. The molecule has 1 fully saturated rings. The second kappa shape index (κ2) is 11.7. The molecule has 2 heterocycles. The van der Waals surface area contributed by atoms with Crippen molar-refractivity contribution in [2.24, 2.45) is 4.99 Å². The zero-order valence-electron chi connectivity index (χ0n) is 19.0. The zero-order valence-corrected chi connectivity index (χ0v) is 19.0. The number of aryl methyl sites for hydroxylation is 1. The van der Waals surface area contributed by atoms with Crippen molar-refractivity contribution in [1.29, 1.82) is 0 Å². The fourth-order valence-corrected chi connectivity index (χ4v) is 3.76. The van der Waals surface area contributed by atoms with Crippen molar-refractivity contribution < 1.29 is 9.53 Å². The zero-order chi connectivity index (χ0) is 22.1. The Morgan fingerprint density at radius 1 is 1.23 bits per heavy atom. The number of benzene rings is 1. The average Bonchev–Trinajstić information content (AvgIpc) is 3.19. The SMILES string of the molecule is Cc1cccc2[nH]cc(CCNC(=NCC(=O)N(C)C)NCCCN3CCOCC3)c12. The van der Waals surface area contributed by atoms with Crippen LogP contribution in [0.5, 0.6) is 0 Å². The van der Waals surface area contributed by atoms with Crippen LogP contribution in [0.2, 0.25) is 0 Å². The maximum Gasteiger partial charge on any atom is 0.243 e. The summed E-state index contributed by atoms with van der Waals surface area (Å²) in [6, 6.07) is 6.32. The summed E-state index contributed by atoms with van der Waals surface area (Å²) in [7, 11) is 3.50. The lowest BCUT2D eigenvalue weighted by Crippen LogP contribution is -2.41. The van der Waals surface area contributed by atoms with Gasteiger partial charge in [0.2, 0.25) is 5.91 Å². The third-order valence-corrected chi connectivity index (χ3v) is 5.60. The number of aromatic nitrogens is 1. The highest BCUT2D eigenvalue weighted by atomic mass is 16.5. The summed E-state index contributed by atoms with van der Waals surface area (Å²) in [6.45, 7) is 8.51. The number of carbonyl (C=O) groups excluding carboxylic acids is 1. The number of guanidine groups is 1. The molecule has 1 aromatic heterocycles. The third kappa shape index (κ3) is 6.97. The number of hydrogen-bond donors (Lipinski definition) is 3. The molecule has 0 aliphatic carbocycles. The van der Waals surface area contributed by atoms with Crippen molar-refractivity contribution in [3.8, 4) is 0 Å². The monoisotopic (exact) mass is 428 g/mol. The molecule has 0 unspecified atom stereocenters. The van der Waals surface area contributed by atoms with Crippen LogP contribution in [-0.4, -0.2) is 93.2 Å². The van der Waals surface area contributed by atoms with Crippen LogP contribution in [-0.2, 0) is 16.0 Å². The Labute approximate surface area is 185 Å². The molecule has 31 heavy (non-hydrogen) atoms. The molecule has 1 aromatic carbocycles. The van der Waals surface area contributed by atoms with Gasteiger partial charge in [0.15, 0.2) is 5.96 Å². The summed E-state index contributed by atoms with van der Waals surface area (Å²) < 4.78 is 5.40. The highest BCUT2D eigenvalue weighted by molar-refractivity contribution is 5.87. The van der Waals surface area contributed by atoms with Gasteiger partial charge in [0.1, 0.15) is 6.54 Å². The maximum atomic E-state index is 12.0. The lowest BCUT2D eigenvalue weighted by molar-refractivity contribution is -0.127. The van der Waals surface area contributed by atoms with Gasteiger partial charge >= 0.3 is 0 Å². The van der Waals surface area contributed by atoms with Gasteiger partial charge in [-0.1, -0.05) is 12.1 Å². The van der Waals surface area contributed by atoms with E-state index in [0.29, 0.717) is 5.96 Å². The summed E-state index contributed by atoms with van der Waals surface area (Å²) in [5.41, 5.74) is 3.74. The van der Waals surface area contributed by atoms with E-state index < -0.39 is 0 Å². The molecule has 8 heteroatoms. The fourth-order valence-electron chi connectivity index (χ4n) is 3.76. The Balaban J connectivity index is 1.51. The molecule has 2 aromatic rings. The number of fused-ring (bicyclic) bond motifs is 1.